The van der Waals surface area contributed by atoms with Gasteiger partial charge in [0.05, 0.1) is 12.7 Å². The highest BCUT2D eigenvalue weighted by molar-refractivity contribution is 5.35. The zero-order valence-corrected chi connectivity index (χ0v) is 9.36. The zero-order chi connectivity index (χ0) is 10.9. The van der Waals surface area contributed by atoms with Crippen molar-refractivity contribution in [2.24, 2.45) is 0 Å². The molecule has 0 radical (unpaired) electrons. The van der Waals surface area contributed by atoms with Crippen LogP contribution >= 0.6 is 0 Å². The van der Waals surface area contributed by atoms with Crippen LogP contribution in [0.4, 0.5) is 0 Å². The van der Waals surface area contributed by atoms with Crippen molar-refractivity contribution in [3.8, 4) is 0 Å². The lowest BCUT2D eigenvalue weighted by atomic mass is 9.90. The molecular weight excluding hydrogens is 188 g/mol. The quantitative estimate of drug-likeness (QED) is 0.818. The standard InChI is InChI=1S/C13H18O2/c1-10(14)13(6-7-13)12-5-3-4-11(8-12)9-15-2/h3-5,8,10,14H,6-7,9H2,1-2H3. The number of hydrogen-bond acceptors (Lipinski definition) is 2. The molecule has 1 aromatic rings. The van der Waals surface area contributed by atoms with E-state index in [-0.39, 0.29) is 11.5 Å². The van der Waals surface area contributed by atoms with E-state index in [9.17, 15) is 5.11 Å². The van der Waals surface area contributed by atoms with E-state index in [0.717, 1.165) is 12.8 Å². The largest absolute Gasteiger partial charge is 0.392 e. The van der Waals surface area contributed by atoms with E-state index in [1.807, 2.05) is 13.0 Å². The molecule has 1 aliphatic carbocycles. The topological polar surface area (TPSA) is 29.5 Å². The molecule has 0 saturated heterocycles. The third kappa shape index (κ3) is 1.92. The normalized spacial score (nSPS) is 19.9. The Morgan fingerprint density at radius 2 is 2.20 bits per heavy atom. The second-order valence-electron chi connectivity index (χ2n) is 4.47. The van der Waals surface area contributed by atoms with Crippen LogP contribution in [0.25, 0.3) is 0 Å². The lowest BCUT2D eigenvalue weighted by Gasteiger charge is -2.19. The lowest BCUT2D eigenvalue weighted by Crippen LogP contribution is -2.22. The Hall–Kier alpha value is -0.860. The molecule has 1 fully saturated rings. The Bertz CT molecular complexity index is 340. The average molecular weight is 206 g/mol. The van der Waals surface area contributed by atoms with Gasteiger partial charge in [0.1, 0.15) is 0 Å². The molecule has 0 bridgehead atoms. The number of benzene rings is 1. The summed E-state index contributed by atoms with van der Waals surface area (Å²) in [5.74, 6) is 0. The molecule has 0 spiro atoms. The summed E-state index contributed by atoms with van der Waals surface area (Å²) in [6.07, 6.45) is 1.94. The smallest absolute Gasteiger partial charge is 0.0713 e. The Morgan fingerprint density at radius 3 is 2.73 bits per heavy atom. The van der Waals surface area contributed by atoms with Crippen molar-refractivity contribution in [1.82, 2.24) is 0 Å². The Labute approximate surface area is 90.9 Å². The number of aliphatic hydroxyl groups excluding tert-OH is 1. The molecule has 2 heteroatoms. The van der Waals surface area contributed by atoms with E-state index in [2.05, 4.69) is 18.2 Å². The zero-order valence-electron chi connectivity index (χ0n) is 9.36. The summed E-state index contributed by atoms with van der Waals surface area (Å²) < 4.78 is 5.11. The summed E-state index contributed by atoms with van der Waals surface area (Å²) in [6.45, 7) is 2.53. The van der Waals surface area contributed by atoms with Gasteiger partial charge < -0.3 is 9.84 Å². The van der Waals surface area contributed by atoms with Gasteiger partial charge in [0.25, 0.3) is 0 Å². The van der Waals surface area contributed by atoms with Crippen LogP contribution in [-0.4, -0.2) is 18.3 Å². The van der Waals surface area contributed by atoms with Crippen LogP contribution in [0.5, 0.6) is 0 Å². The minimum absolute atomic E-state index is 0.0315. The molecule has 1 saturated carbocycles. The first kappa shape index (κ1) is 10.7. The van der Waals surface area contributed by atoms with Crippen molar-refractivity contribution in [2.45, 2.75) is 37.9 Å². The molecule has 1 N–H and O–H groups in total. The summed E-state index contributed by atoms with van der Waals surface area (Å²) in [5, 5.41) is 9.79. The molecule has 2 rings (SSSR count). The van der Waals surface area contributed by atoms with Gasteiger partial charge in [-0.05, 0) is 30.9 Å². The van der Waals surface area contributed by atoms with E-state index < -0.39 is 0 Å². The molecule has 82 valence electrons. The SMILES string of the molecule is COCc1cccc(C2(C(C)O)CC2)c1. The van der Waals surface area contributed by atoms with Gasteiger partial charge in [-0.3, -0.25) is 0 Å². The van der Waals surface area contributed by atoms with Crippen LogP contribution in [0.3, 0.4) is 0 Å². The summed E-state index contributed by atoms with van der Waals surface area (Å²) in [5.41, 5.74) is 2.47. The van der Waals surface area contributed by atoms with Crippen LogP contribution < -0.4 is 0 Å². The van der Waals surface area contributed by atoms with Gasteiger partial charge in [-0.2, -0.15) is 0 Å². The third-order valence-electron chi connectivity index (χ3n) is 3.40. The van der Waals surface area contributed by atoms with E-state index in [1.54, 1.807) is 7.11 Å². The van der Waals surface area contributed by atoms with E-state index >= 15 is 0 Å². The second-order valence-corrected chi connectivity index (χ2v) is 4.47. The van der Waals surface area contributed by atoms with Gasteiger partial charge in [0, 0.05) is 12.5 Å². The molecule has 0 aliphatic heterocycles. The number of rotatable bonds is 4. The van der Waals surface area contributed by atoms with Crippen molar-refractivity contribution in [2.75, 3.05) is 7.11 Å². The summed E-state index contributed by atoms with van der Waals surface area (Å²) in [4.78, 5) is 0. The first-order chi connectivity index (χ1) is 7.19. The Kier molecular flexibility index (Phi) is 2.81. The minimum atomic E-state index is -0.254. The van der Waals surface area contributed by atoms with Crippen molar-refractivity contribution < 1.29 is 9.84 Å². The molecular formula is C13H18O2. The van der Waals surface area contributed by atoms with Gasteiger partial charge in [-0.15, -0.1) is 0 Å². The molecule has 1 aliphatic rings. The maximum atomic E-state index is 9.79. The fourth-order valence-corrected chi connectivity index (χ4v) is 2.22. The highest BCUT2D eigenvalue weighted by Crippen LogP contribution is 2.50. The second kappa shape index (κ2) is 3.95. The van der Waals surface area contributed by atoms with Crippen LogP contribution in [0.15, 0.2) is 24.3 Å². The van der Waals surface area contributed by atoms with Gasteiger partial charge >= 0.3 is 0 Å². The molecule has 2 nitrogen and oxygen atoms in total. The van der Waals surface area contributed by atoms with Gasteiger partial charge in [-0.25, -0.2) is 0 Å². The maximum absolute atomic E-state index is 9.79. The van der Waals surface area contributed by atoms with Crippen molar-refractivity contribution in [3.63, 3.8) is 0 Å². The molecule has 0 amide bonds. The van der Waals surface area contributed by atoms with E-state index in [1.165, 1.54) is 11.1 Å². The fraction of sp³-hybridized carbons (Fsp3) is 0.538. The first-order valence-electron chi connectivity index (χ1n) is 5.45. The van der Waals surface area contributed by atoms with Crippen LogP contribution in [0.1, 0.15) is 30.9 Å². The van der Waals surface area contributed by atoms with Crippen LogP contribution in [0.2, 0.25) is 0 Å². The van der Waals surface area contributed by atoms with Crippen molar-refractivity contribution in [3.05, 3.63) is 35.4 Å². The molecule has 1 atom stereocenters. The maximum Gasteiger partial charge on any atom is 0.0713 e. The predicted octanol–water partition coefficient (Wildman–Crippen LogP) is 2.25. The molecule has 0 heterocycles. The summed E-state index contributed by atoms with van der Waals surface area (Å²) in [6, 6.07) is 8.37. The van der Waals surface area contributed by atoms with Crippen molar-refractivity contribution >= 4 is 0 Å². The Balaban J connectivity index is 2.25. The highest BCUT2D eigenvalue weighted by Gasteiger charge is 2.48. The monoisotopic (exact) mass is 206 g/mol. The lowest BCUT2D eigenvalue weighted by molar-refractivity contribution is 0.150. The van der Waals surface area contributed by atoms with E-state index in [4.69, 9.17) is 4.74 Å². The van der Waals surface area contributed by atoms with Crippen molar-refractivity contribution in [1.29, 1.82) is 0 Å². The third-order valence-corrected chi connectivity index (χ3v) is 3.40. The predicted molar refractivity (Wildman–Crippen MR) is 59.7 cm³/mol. The van der Waals surface area contributed by atoms with E-state index in [0.29, 0.717) is 6.61 Å². The average Bonchev–Trinajstić information content (AvgIpc) is 2.99. The van der Waals surface area contributed by atoms with Gasteiger partial charge in [0.2, 0.25) is 0 Å². The van der Waals surface area contributed by atoms with Gasteiger partial charge in [0.15, 0.2) is 0 Å². The highest BCUT2D eigenvalue weighted by atomic mass is 16.5. The molecule has 1 unspecified atom stereocenters. The number of hydrogen-bond donors (Lipinski definition) is 1. The molecule has 0 aromatic heterocycles. The van der Waals surface area contributed by atoms with Crippen LogP contribution in [-0.2, 0) is 16.8 Å². The first-order valence-corrected chi connectivity index (χ1v) is 5.45. The fourth-order valence-electron chi connectivity index (χ4n) is 2.22. The number of ether oxygens (including phenoxy) is 1. The molecule has 15 heavy (non-hydrogen) atoms. The molecule has 1 aromatic carbocycles. The number of aliphatic hydroxyl groups is 1. The van der Waals surface area contributed by atoms with Gasteiger partial charge in [-0.1, -0.05) is 24.3 Å². The minimum Gasteiger partial charge on any atom is -0.392 e. The Morgan fingerprint density at radius 1 is 1.47 bits per heavy atom. The number of methoxy groups -OCH3 is 1. The summed E-state index contributed by atoms with van der Waals surface area (Å²) >= 11 is 0. The summed E-state index contributed by atoms with van der Waals surface area (Å²) in [7, 11) is 1.70. The van der Waals surface area contributed by atoms with Crippen LogP contribution in [0, 0.1) is 0 Å².